The van der Waals surface area contributed by atoms with Crippen molar-refractivity contribution in [3.05, 3.63) is 46.9 Å². The van der Waals surface area contributed by atoms with Crippen molar-refractivity contribution < 1.29 is 22.7 Å². The van der Waals surface area contributed by atoms with E-state index in [-0.39, 0.29) is 11.0 Å². The first kappa shape index (κ1) is 24.2. The molecule has 1 N–H and O–H groups in total. The van der Waals surface area contributed by atoms with Gasteiger partial charge in [-0.1, -0.05) is 15.9 Å². The van der Waals surface area contributed by atoms with E-state index in [0.29, 0.717) is 37.6 Å². The molecule has 1 fully saturated rings. The van der Waals surface area contributed by atoms with Gasteiger partial charge in [-0.3, -0.25) is 4.72 Å². The summed E-state index contributed by atoms with van der Waals surface area (Å²) in [5.41, 5.74) is 0.642. The number of halogens is 1. The lowest BCUT2D eigenvalue weighted by molar-refractivity contribution is 0.0240. The molecule has 3 rings (SSSR count). The number of nitrogens with one attached hydrogen (secondary N) is 1. The van der Waals surface area contributed by atoms with Gasteiger partial charge in [-0.05, 0) is 63.2 Å². The van der Waals surface area contributed by atoms with E-state index in [1.165, 1.54) is 12.1 Å². The molecular formula is C22H28BrN3O5S. The van der Waals surface area contributed by atoms with Crippen LogP contribution in [0, 0.1) is 0 Å². The Bertz CT molecular complexity index is 1060. The summed E-state index contributed by atoms with van der Waals surface area (Å²) in [6.07, 6.45) is -0.333. The van der Waals surface area contributed by atoms with Gasteiger partial charge in [0.1, 0.15) is 11.4 Å². The Hall–Kier alpha value is -2.46. The van der Waals surface area contributed by atoms with Crippen LogP contribution in [0.3, 0.4) is 0 Å². The van der Waals surface area contributed by atoms with Crippen LogP contribution in [0.4, 0.5) is 16.2 Å². The van der Waals surface area contributed by atoms with Gasteiger partial charge in [-0.2, -0.15) is 0 Å². The number of amides is 1. The number of anilines is 2. The molecule has 0 spiro atoms. The SMILES string of the molecule is COc1ccc(NS(=O)(=O)c2ccc(Br)cc2)cc1N1CCN(C(=O)OC(C)(C)C)CC1. The summed E-state index contributed by atoms with van der Waals surface area (Å²) in [6, 6.07) is 11.6. The van der Waals surface area contributed by atoms with Gasteiger partial charge < -0.3 is 19.3 Å². The van der Waals surface area contributed by atoms with Crippen molar-refractivity contribution in [1.29, 1.82) is 0 Å². The molecule has 1 aliphatic rings. The van der Waals surface area contributed by atoms with E-state index in [2.05, 4.69) is 25.6 Å². The Morgan fingerprint density at radius 1 is 1.03 bits per heavy atom. The number of rotatable bonds is 5. The molecule has 1 aliphatic heterocycles. The molecule has 0 atom stereocenters. The summed E-state index contributed by atoms with van der Waals surface area (Å²) in [5, 5.41) is 0. The molecule has 1 heterocycles. The Balaban J connectivity index is 1.75. The predicted octanol–water partition coefficient (Wildman–Crippen LogP) is 4.32. The van der Waals surface area contributed by atoms with Gasteiger partial charge in [0, 0.05) is 30.7 Å². The summed E-state index contributed by atoms with van der Waals surface area (Å²) >= 11 is 3.31. The van der Waals surface area contributed by atoms with Gasteiger partial charge >= 0.3 is 6.09 Å². The second kappa shape index (κ2) is 9.58. The standard InChI is InChI=1S/C22H28BrN3O5S/c1-22(2,3)31-21(27)26-13-11-25(12-14-26)19-15-17(7-10-20(19)30-4)24-32(28,29)18-8-5-16(23)6-9-18/h5-10,15,24H,11-14H2,1-4H3. The van der Waals surface area contributed by atoms with Gasteiger partial charge in [0.15, 0.2) is 0 Å². The number of sulfonamides is 1. The number of benzene rings is 2. The Morgan fingerprint density at radius 3 is 2.22 bits per heavy atom. The van der Waals surface area contributed by atoms with Crippen molar-refractivity contribution in [3.63, 3.8) is 0 Å². The average molecular weight is 526 g/mol. The van der Waals surface area contributed by atoms with Crippen LogP contribution >= 0.6 is 15.9 Å². The minimum atomic E-state index is -3.73. The zero-order chi connectivity index (χ0) is 23.5. The molecule has 8 nitrogen and oxygen atoms in total. The average Bonchev–Trinajstić information content (AvgIpc) is 2.72. The third-order valence-corrected chi connectivity index (χ3v) is 6.75. The molecule has 0 radical (unpaired) electrons. The van der Waals surface area contributed by atoms with E-state index >= 15 is 0 Å². The van der Waals surface area contributed by atoms with Crippen molar-refractivity contribution in [1.82, 2.24) is 4.90 Å². The fourth-order valence-electron chi connectivity index (χ4n) is 3.28. The zero-order valence-corrected chi connectivity index (χ0v) is 21.0. The number of nitrogens with zero attached hydrogens (tertiary/aromatic N) is 2. The van der Waals surface area contributed by atoms with Crippen LogP contribution in [-0.4, -0.2) is 58.3 Å². The van der Waals surface area contributed by atoms with Crippen molar-refractivity contribution in [2.24, 2.45) is 0 Å². The van der Waals surface area contributed by atoms with Crippen LogP contribution in [0.1, 0.15) is 20.8 Å². The van der Waals surface area contributed by atoms with Crippen LogP contribution in [0.25, 0.3) is 0 Å². The predicted molar refractivity (Wildman–Crippen MR) is 128 cm³/mol. The minimum Gasteiger partial charge on any atom is -0.495 e. The Kier molecular flexibility index (Phi) is 7.24. The van der Waals surface area contributed by atoms with Crippen LogP contribution in [0.2, 0.25) is 0 Å². The third kappa shape index (κ3) is 6.07. The highest BCUT2D eigenvalue weighted by molar-refractivity contribution is 9.10. The molecule has 174 valence electrons. The highest BCUT2D eigenvalue weighted by Crippen LogP contribution is 2.33. The van der Waals surface area contributed by atoms with E-state index in [1.807, 2.05) is 20.8 Å². The summed E-state index contributed by atoms with van der Waals surface area (Å²) < 4.78 is 39.9. The number of piperazine rings is 1. The summed E-state index contributed by atoms with van der Waals surface area (Å²) in [6.45, 7) is 7.64. The zero-order valence-electron chi connectivity index (χ0n) is 18.6. The first-order valence-electron chi connectivity index (χ1n) is 10.2. The molecular weight excluding hydrogens is 498 g/mol. The number of hydrogen-bond acceptors (Lipinski definition) is 6. The second-order valence-corrected chi connectivity index (χ2v) is 11.0. The topological polar surface area (TPSA) is 88.2 Å². The molecule has 0 bridgehead atoms. The molecule has 0 unspecified atom stereocenters. The van der Waals surface area contributed by atoms with Gasteiger partial charge in [0.25, 0.3) is 10.0 Å². The van der Waals surface area contributed by atoms with Crippen molar-refractivity contribution in [3.8, 4) is 5.75 Å². The van der Waals surface area contributed by atoms with Crippen LogP contribution in [0.15, 0.2) is 51.8 Å². The van der Waals surface area contributed by atoms with E-state index in [9.17, 15) is 13.2 Å². The monoisotopic (exact) mass is 525 g/mol. The quantitative estimate of drug-likeness (QED) is 0.625. The maximum atomic E-state index is 12.8. The van der Waals surface area contributed by atoms with Crippen LogP contribution in [0.5, 0.6) is 5.75 Å². The van der Waals surface area contributed by atoms with E-state index in [4.69, 9.17) is 9.47 Å². The van der Waals surface area contributed by atoms with Gasteiger partial charge in [-0.25, -0.2) is 13.2 Å². The van der Waals surface area contributed by atoms with Gasteiger partial charge in [0.2, 0.25) is 0 Å². The molecule has 0 aliphatic carbocycles. The molecule has 1 amide bonds. The fourth-order valence-corrected chi connectivity index (χ4v) is 4.60. The highest BCUT2D eigenvalue weighted by Gasteiger charge is 2.27. The molecule has 32 heavy (non-hydrogen) atoms. The van der Waals surface area contributed by atoms with E-state index in [0.717, 1.165) is 10.2 Å². The second-order valence-electron chi connectivity index (χ2n) is 8.40. The molecule has 2 aromatic carbocycles. The summed E-state index contributed by atoms with van der Waals surface area (Å²) in [4.78, 5) is 16.2. The lowest BCUT2D eigenvalue weighted by atomic mass is 10.2. The Labute approximate surface area is 197 Å². The first-order chi connectivity index (χ1) is 15.0. The number of methoxy groups -OCH3 is 1. The van der Waals surface area contributed by atoms with Crippen LogP contribution in [-0.2, 0) is 14.8 Å². The van der Waals surface area contributed by atoms with Crippen molar-refractivity contribution in [2.45, 2.75) is 31.3 Å². The normalized spacial score (nSPS) is 14.8. The van der Waals surface area contributed by atoms with Gasteiger partial charge in [-0.15, -0.1) is 0 Å². The van der Waals surface area contributed by atoms with Gasteiger partial charge in [0.05, 0.1) is 23.4 Å². The number of hydrogen-bond donors (Lipinski definition) is 1. The molecule has 2 aromatic rings. The fraction of sp³-hybridized carbons (Fsp3) is 0.409. The molecule has 1 saturated heterocycles. The van der Waals surface area contributed by atoms with Crippen LogP contribution < -0.4 is 14.4 Å². The van der Waals surface area contributed by atoms with Crippen molar-refractivity contribution in [2.75, 3.05) is 42.9 Å². The largest absolute Gasteiger partial charge is 0.495 e. The number of carbonyl (C=O) groups excluding carboxylic acids is 1. The molecule has 0 saturated carbocycles. The van der Waals surface area contributed by atoms with E-state index < -0.39 is 15.6 Å². The van der Waals surface area contributed by atoms with Crippen molar-refractivity contribution >= 4 is 43.4 Å². The maximum absolute atomic E-state index is 12.8. The highest BCUT2D eigenvalue weighted by atomic mass is 79.9. The van der Waals surface area contributed by atoms with E-state index in [1.54, 1.807) is 42.3 Å². The third-order valence-electron chi connectivity index (χ3n) is 4.83. The first-order valence-corrected chi connectivity index (χ1v) is 12.5. The lowest BCUT2D eigenvalue weighted by Crippen LogP contribution is -2.50. The summed E-state index contributed by atoms with van der Waals surface area (Å²) in [7, 11) is -2.16. The minimum absolute atomic E-state index is 0.170. The smallest absolute Gasteiger partial charge is 0.410 e. The number of ether oxygens (including phenoxy) is 2. The maximum Gasteiger partial charge on any atom is 0.410 e. The lowest BCUT2D eigenvalue weighted by Gasteiger charge is -2.37. The number of carbonyl (C=O) groups is 1. The molecule has 10 heteroatoms. The molecule has 0 aromatic heterocycles. The Morgan fingerprint density at radius 2 is 1.66 bits per heavy atom. The summed E-state index contributed by atoms with van der Waals surface area (Å²) in [5.74, 6) is 0.627.